The van der Waals surface area contributed by atoms with Gasteiger partial charge in [-0.15, -0.1) is 0 Å². The Morgan fingerprint density at radius 2 is 2.05 bits per heavy atom. The molecule has 0 aliphatic rings. The molecule has 2 aromatic rings. The van der Waals surface area contributed by atoms with Crippen molar-refractivity contribution in [3.63, 3.8) is 0 Å². The van der Waals surface area contributed by atoms with Gasteiger partial charge in [-0.25, -0.2) is 9.18 Å². The summed E-state index contributed by atoms with van der Waals surface area (Å²) in [5.74, 6) is -1.00. The highest BCUT2D eigenvalue weighted by molar-refractivity contribution is 6.42. The van der Waals surface area contributed by atoms with Gasteiger partial charge in [0, 0.05) is 6.54 Å². The Bertz CT molecular complexity index is 677. The standard InChI is InChI=1S/C15H12Cl2FNO2/c1-21-15(20)9-5-6-12(18)13(7-9)19-8-10-3-2-4-11(16)14(10)17/h2-7,19H,8H2,1H3. The zero-order valence-electron chi connectivity index (χ0n) is 11.1. The second kappa shape index (κ2) is 6.78. The van der Waals surface area contributed by atoms with Gasteiger partial charge < -0.3 is 10.1 Å². The van der Waals surface area contributed by atoms with E-state index in [0.717, 1.165) is 5.56 Å². The Balaban J connectivity index is 2.19. The number of hydrogen-bond acceptors (Lipinski definition) is 3. The normalized spacial score (nSPS) is 10.3. The molecule has 0 amide bonds. The van der Waals surface area contributed by atoms with E-state index in [1.54, 1.807) is 18.2 Å². The van der Waals surface area contributed by atoms with E-state index >= 15 is 0 Å². The van der Waals surface area contributed by atoms with Gasteiger partial charge in [0.1, 0.15) is 5.82 Å². The van der Waals surface area contributed by atoms with E-state index in [0.29, 0.717) is 10.0 Å². The van der Waals surface area contributed by atoms with Crippen molar-refractivity contribution in [2.75, 3.05) is 12.4 Å². The number of carbonyl (C=O) groups excluding carboxylic acids is 1. The molecule has 0 heterocycles. The van der Waals surface area contributed by atoms with Gasteiger partial charge >= 0.3 is 5.97 Å². The second-order valence-electron chi connectivity index (χ2n) is 4.25. The summed E-state index contributed by atoms with van der Waals surface area (Å²) in [6, 6.07) is 9.16. The van der Waals surface area contributed by atoms with Gasteiger partial charge in [0.2, 0.25) is 0 Å². The molecule has 110 valence electrons. The lowest BCUT2D eigenvalue weighted by atomic mass is 10.1. The van der Waals surface area contributed by atoms with Crippen LogP contribution >= 0.6 is 23.2 Å². The average molecular weight is 328 g/mol. The minimum Gasteiger partial charge on any atom is -0.465 e. The van der Waals surface area contributed by atoms with Crippen molar-refractivity contribution in [2.24, 2.45) is 0 Å². The fraction of sp³-hybridized carbons (Fsp3) is 0.133. The molecule has 0 atom stereocenters. The van der Waals surface area contributed by atoms with E-state index in [9.17, 15) is 9.18 Å². The molecule has 0 saturated carbocycles. The smallest absolute Gasteiger partial charge is 0.337 e. The average Bonchev–Trinajstić information content (AvgIpc) is 2.49. The molecule has 3 nitrogen and oxygen atoms in total. The summed E-state index contributed by atoms with van der Waals surface area (Å²) in [5.41, 5.74) is 1.18. The monoisotopic (exact) mass is 327 g/mol. The number of nitrogens with one attached hydrogen (secondary N) is 1. The molecule has 6 heteroatoms. The molecule has 0 spiro atoms. The van der Waals surface area contributed by atoms with Gasteiger partial charge in [-0.2, -0.15) is 0 Å². The highest BCUT2D eigenvalue weighted by atomic mass is 35.5. The summed E-state index contributed by atoms with van der Waals surface area (Å²) < 4.78 is 18.3. The van der Waals surface area contributed by atoms with Gasteiger partial charge in [-0.1, -0.05) is 35.3 Å². The van der Waals surface area contributed by atoms with E-state index in [-0.39, 0.29) is 17.8 Å². The predicted molar refractivity (Wildman–Crippen MR) is 81.5 cm³/mol. The molecule has 21 heavy (non-hydrogen) atoms. The number of carbonyl (C=O) groups is 1. The predicted octanol–water partition coefficient (Wildman–Crippen LogP) is 4.53. The Hall–Kier alpha value is -1.78. The first-order chi connectivity index (χ1) is 10.0. The van der Waals surface area contributed by atoms with Crippen molar-refractivity contribution >= 4 is 34.9 Å². The fourth-order valence-electron chi connectivity index (χ4n) is 1.78. The molecule has 0 aliphatic heterocycles. The summed E-state index contributed by atoms with van der Waals surface area (Å²) in [7, 11) is 1.27. The maximum Gasteiger partial charge on any atom is 0.337 e. The van der Waals surface area contributed by atoms with Crippen LogP contribution in [0.5, 0.6) is 0 Å². The molecule has 0 aromatic heterocycles. The third-order valence-electron chi connectivity index (χ3n) is 2.89. The SMILES string of the molecule is COC(=O)c1ccc(F)c(NCc2cccc(Cl)c2Cl)c1. The number of benzene rings is 2. The number of ether oxygens (including phenoxy) is 1. The summed E-state index contributed by atoms with van der Waals surface area (Å²) >= 11 is 12.0. The molecule has 0 bridgehead atoms. The summed E-state index contributed by atoms with van der Waals surface area (Å²) in [4.78, 5) is 11.4. The summed E-state index contributed by atoms with van der Waals surface area (Å²) in [5, 5.41) is 3.73. The fourth-order valence-corrected chi connectivity index (χ4v) is 2.17. The number of halogens is 3. The first kappa shape index (κ1) is 15.6. The minimum absolute atomic E-state index is 0.189. The van der Waals surface area contributed by atoms with Gasteiger partial charge in [0.15, 0.2) is 0 Å². The molecule has 0 fully saturated rings. The lowest BCUT2D eigenvalue weighted by molar-refractivity contribution is 0.0600. The number of rotatable bonds is 4. The maximum atomic E-state index is 13.7. The number of hydrogen-bond donors (Lipinski definition) is 1. The van der Waals surface area contributed by atoms with Crippen LogP contribution in [0.4, 0.5) is 10.1 Å². The Morgan fingerprint density at radius 3 is 2.76 bits per heavy atom. The van der Waals surface area contributed by atoms with Crippen molar-refractivity contribution in [1.29, 1.82) is 0 Å². The van der Waals surface area contributed by atoms with Crippen molar-refractivity contribution in [3.05, 3.63) is 63.4 Å². The third kappa shape index (κ3) is 3.65. The van der Waals surface area contributed by atoms with Gasteiger partial charge in [0.25, 0.3) is 0 Å². The van der Waals surface area contributed by atoms with Crippen LogP contribution < -0.4 is 5.32 Å². The Kier molecular flexibility index (Phi) is 5.04. The largest absolute Gasteiger partial charge is 0.465 e. The third-order valence-corrected chi connectivity index (χ3v) is 3.75. The molecule has 1 N–H and O–H groups in total. The van der Waals surface area contributed by atoms with Crippen LogP contribution in [0.1, 0.15) is 15.9 Å². The van der Waals surface area contributed by atoms with E-state index in [2.05, 4.69) is 10.1 Å². The second-order valence-corrected chi connectivity index (χ2v) is 5.04. The van der Waals surface area contributed by atoms with E-state index in [1.807, 2.05) is 0 Å². The van der Waals surface area contributed by atoms with Crippen LogP contribution in [0.25, 0.3) is 0 Å². The number of anilines is 1. The minimum atomic E-state index is -0.529. The van der Waals surface area contributed by atoms with Gasteiger partial charge in [-0.3, -0.25) is 0 Å². The van der Waals surface area contributed by atoms with Crippen molar-refractivity contribution in [2.45, 2.75) is 6.54 Å². The Labute approximate surface area is 131 Å². The highest BCUT2D eigenvalue weighted by Gasteiger charge is 2.10. The topological polar surface area (TPSA) is 38.3 Å². The molecule has 2 aromatic carbocycles. The molecular weight excluding hydrogens is 316 g/mol. The summed E-state index contributed by atoms with van der Waals surface area (Å²) in [6.07, 6.45) is 0. The van der Waals surface area contributed by atoms with Crippen molar-refractivity contribution in [1.82, 2.24) is 0 Å². The Morgan fingerprint density at radius 1 is 1.29 bits per heavy atom. The van der Waals surface area contributed by atoms with E-state index in [1.165, 1.54) is 25.3 Å². The van der Waals surface area contributed by atoms with Crippen molar-refractivity contribution in [3.8, 4) is 0 Å². The summed E-state index contributed by atoms with van der Waals surface area (Å²) in [6.45, 7) is 0.279. The van der Waals surface area contributed by atoms with Crippen LogP contribution in [0.15, 0.2) is 36.4 Å². The van der Waals surface area contributed by atoms with Gasteiger partial charge in [-0.05, 0) is 29.8 Å². The molecular formula is C15H12Cl2FNO2. The van der Waals surface area contributed by atoms with Crippen LogP contribution in [0.3, 0.4) is 0 Å². The molecule has 0 aliphatic carbocycles. The zero-order valence-corrected chi connectivity index (χ0v) is 12.6. The van der Waals surface area contributed by atoms with E-state index in [4.69, 9.17) is 23.2 Å². The van der Waals surface area contributed by atoms with Crippen molar-refractivity contribution < 1.29 is 13.9 Å². The molecule has 0 saturated heterocycles. The first-order valence-corrected chi connectivity index (χ1v) is 6.83. The molecule has 0 radical (unpaired) electrons. The zero-order chi connectivity index (χ0) is 15.4. The highest BCUT2D eigenvalue weighted by Crippen LogP contribution is 2.26. The number of methoxy groups -OCH3 is 1. The number of esters is 1. The van der Waals surface area contributed by atoms with E-state index < -0.39 is 11.8 Å². The van der Waals surface area contributed by atoms with Crippen LogP contribution in [-0.2, 0) is 11.3 Å². The van der Waals surface area contributed by atoms with Crippen LogP contribution in [-0.4, -0.2) is 13.1 Å². The molecule has 0 unspecified atom stereocenters. The van der Waals surface area contributed by atoms with Crippen LogP contribution in [0, 0.1) is 5.82 Å². The molecule has 2 rings (SSSR count). The quantitative estimate of drug-likeness (QED) is 0.838. The first-order valence-electron chi connectivity index (χ1n) is 6.07. The lowest BCUT2D eigenvalue weighted by Crippen LogP contribution is -2.06. The van der Waals surface area contributed by atoms with Crippen LogP contribution in [0.2, 0.25) is 10.0 Å². The van der Waals surface area contributed by atoms with Gasteiger partial charge in [0.05, 0.1) is 28.4 Å². The maximum absolute atomic E-state index is 13.7. The lowest BCUT2D eigenvalue weighted by Gasteiger charge is -2.11.